The van der Waals surface area contributed by atoms with Crippen molar-refractivity contribution in [3.05, 3.63) is 68.5 Å². The molecule has 1 aliphatic heterocycles. The normalized spacial score (nSPS) is 15.2. The van der Waals surface area contributed by atoms with E-state index in [0.29, 0.717) is 37.9 Å². The third-order valence-electron chi connectivity index (χ3n) is 4.49. The number of nitrogens with one attached hydrogen (secondary N) is 1. The summed E-state index contributed by atoms with van der Waals surface area (Å²) >= 11 is 18.5. The Morgan fingerprint density at radius 2 is 1.83 bits per heavy atom. The Morgan fingerprint density at radius 3 is 2.47 bits per heavy atom. The molecule has 2 aromatic rings. The first-order valence-electron chi connectivity index (χ1n) is 9.46. The highest BCUT2D eigenvalue weighted by atomic mass is 35.5. The van der Waals surface area contributed by atoms with Crippen LogP contribution in [0.4, 0.5) is 5.69 Å². The van der Waals surface area contributed by atoms with E-state index in [2.05, 4.69) is 24.4 Å². The van der Waals surface area contributed by atoms with Crippen molar-refractivity contribution in [2.45, 2.75) is 26.2 Å². The van der Waals surface area contributed by atoms with Gasteiger partial charge in [-0.25, -0.2) is 0 Å². The lowest BCUT2D eigenvalue weighted by Crippen LogP contribution is -2.29. The molecule has 3 rings (SSSR count). The van der Waals surface area contributed by atoms with Crippen molar-refractivity contribution in [2.24, 2.45) is 0 Å². The van der Waals surface area contributed by atoms with Gasteiger partial charge in [-0.2, -0.15) is 0 Å². The van der Waals surface area contributed by atoms with Crippen LogP contribution in [-0.2, 0) is 16.0 Å². The van der Waals surface area contributed by atoms with E-state index in [-0.39, 0.29) is 18.2 Å². The van der Waals surface area contributed by atoms with Crippen LogP contribution in [0.15, 0.2) is 47.4 Å². The minimum Gasteiger partial charge on any atom is -0.326 e. The molecule has 1 aliphatic rings. The van der Waals surface area contributed by atoms with Crippen LogP contribution in [0.3, 0.4) is 0 Å². The highest BCUT2D eigenvalue weighted by Gasteiger charge is 2.31. The summed E-state index contributed by atoms with van der Waals surface area (Å²) in [6.45, 7) is 2.49. The lowest BCUT2D eigenvalue weighted by atomic mass is 10.1. The van der Waals surface area contributed by atoms with E-state index >= 15 is 0 Å². The topological polar surface area (TPSA) is 49.4 Å². The van der Waals surface area contributed by atoms with Crippen molar-refractivity contribution in [3.63, 3.8) is 0 Å². The third-order valence-corrected chi connectivity index (χ3v) is 6.31. The van der Waals surface area contributed by atoms with Gasteiger partial charge in [-0.15, -0.1) is 0 Å². The molecule has 0 atom stereocenters. The smallest absolute Gasteiger partial charge is 0.266 e. The Bertz CT molecular complexity index is 986. The summed E-state index contributed by atoms with van der Waals surface area (Å²) in [6.07, 6.45) is 3.57. The van der Waals surface area contributed by atoms with Gasteiger partial charge < -0.3 is 5.32 Å². The van der Waals surface area contributed by atoms with Crippen molar-refractivity contribution in [3.8, 4) is 0 Å². The van der Waals surface area contributed by atoms with Crippen LogP contribution in [0.5, 0.6) is 0 Å². The molecule has 8 heteroatoms. The van der Waals surface area contributed by atoms with Gasteiger partial charge >= 0.3 is 0 Å². The predicted molar refractivity (Wildman–Crippen MR) is 130 cm³/mol. The first-order chi connectivity index (χ1) is 14.4. The Hall–Kier alpha value is -1.86. The van der Waals surface area contributed by atoms with Crippen molar-refractivity contribution in [1.29, 1.82) is 0 Å². The highest BCUT2D eigenvalue weighted by Crippen LogP contribution is 2.32. The Morgan fingerprint density at radius 1 is 1.17 bits per heavy atom. The van der Waals surface area contributed by atoms with Crippen LogP contribution in [0.2, 0.25) is 10.0 Å². The van der Waals surface area contributed by atoms with Crippen LogP contribution in [-0.4, -0.2) is 27.6 Å². The predicted octanol–water partition coefficient (Wildman–Crippen LogP) is 6.18. The van der Waals surface area contributed by atoms with Crippen LogP contribution >= 0.6 is 47.2 Å². The van der Waals surface area contributed by atoms with Gasteiger partial charge in [0.25, 0.3) is 5.91 Å². The van der Waals surface area contributed by atoms with Gasteiger partial charge in [-0.05, 0) is 48.2 Å². The van der Waals surface area contributed by atoms with Gasteiger partial charge in [0.1, 0.15) is 4.32 Å². The number of benzene rings is 2. The van der Waals surface area contributed by atoms with Gasteiger partial charge in [-0.1, -0.05) is 78.4 Å². The summed E-state index contributed by atoms with van der Waals surface area (Å²) in [7, 11) is 0. The average molecular weight is 479 g/mol. The minimum absolute atomic E-state index is 0.119. The summed E-state index contributed by atoms with van der Waals surface area (Å²) < 4.78 is 0.512. The van der Waals surface area contributed by atoms with Crippen molar-refractivity contribution >= 4 is 75.1 Å². The summed E-state index contributed by atoms with van der Waals surface area (Å²) in [5.41, 5.74) is 2.76. The molecule has 0 saturated carbocycles. The Labute approximate surface area is 195 Å². The fraction of sp³-hybridized carbons (Fsp3) is 0.227. The van der Waals surface area contributed by atoms with Gasteiger partial charge in [-0.3, -0.25) is 14.5 Å². The fourth-order valence-electron chi connectivity index (χ4n) is 2.94. The van der Waals surface area contributed by atoms with Crippen molar-refractivity contribution in [1.82, 2.24) is 4.90 Å². The number of thioether (sulfide) groups is 1. The van der Waals surface area contributed by atoms with Gasteiger partial charge in [0, 0.05) is 28.7 Å². The number of carbonyl (C=O) groups is 2. The molecule has 30 heavy (non-hydrogen) atoms. The Balaban J connectivity index is 1.53. The lowest BCUT2D eigenvalue weighted by Gasteiger charge is -2.14. The maximum atomic E-state index is 12.7. The summed E-state index contributed by atoms with van der Waals surface area (Å²) in [6, 6.07) is 13.0. The molecule has 2 amide bonds. The van der Waals surface area contributed by atoms with Crippen molar-refractivity contribution in [2.75, 3.05) is 11.9 Å². The average Bonchev–Trinajstić information content (AvgIpc) is 2.95. The number of hydrogen-bond donors (Lipinski definition) is 1. The number of nitrogens with zero attached hydrogens (tertiary/aromatic N) is 1. The molecular weight excluding hydrogens is 459 g/mol. The molecule has 0 aromatic heterocycles. The first-order valence-corrected chi connectivity index (χ1v) is 11.4. The fourth-order valence-corrected chi connectivity index (χ4v) is 4.78. The second-order valence-corrected chi connectivity index (χ2v) is 9.29. The highest BCUT2D eigenvalue weighted by molar-refractivity contribution is 8.26. The number of rotatable bonds is 7. The molecular formula is C22H20Cl2N2O2S2. The monoisotopic (exact) mass is 478 g/mol. The molecule has 1 fully saturated rings. The second-order valence-electron chi connectivity index (χ2n) is 6.74. The van der Waals surface area contributed by atoms with E-state index in [1.807, 2.05) is 18.2 Å². The van der Waals surface area contributed by atoms with Crippen LogP contribution in [0.25, 0.3) is 6.08 Å². The maximum absolute atomic E-state index is 12.7. The number of hydrogen-bond acceptors (Lipinski definition) is 4. The number of halogens is 2. The molecule has 156 valence electrons. The van der Waals surface area contributed by atoms with Gasteiger partial charge in [0.15, 0.2) is 0 Å². The zero-order chi connectivity index (χ0) is 21.7. The standard InChI is InChI=1S/C22H20Cl2N2O2S2/c1-2-14-5-7-15(8-6-14)10-19-21(28)26(22(29)30-19)9-3-4-20(27)25-18-12-16(23)11-17(24)13-18/h5-8,10-13H,2-4,9H2,1H3,(H,25,27)/b19-10+. The van der Waals surface area contributed by atoms with E-state index in [0.717, 1.165) is 12.0 Å². The van der Waals surface area contributed by atoms with Crippen LogP contribution in [0, 0.1) is 0 Å². The largest absolute Gasteiger partial charge is 0.326 e. The van der Waals surface area contributed by atoms with E-state index in [9.17, 15) is 9.59 Å². The molecule has 2 aromatic carbocycles. The second kappa shape index (κ2) is 10.4. The minimum atomic E-state index is -0.176. The number of aryl methyl sites for hydroxylation is 1. The first kappa shape index (κ1) is 22.8. The molecule has 1 N–H and O–H groups in total. The third kappa shape index (κ3) is 6.08. The number of amides is 2. The van der Waals surface area contributed by atoms with E-state index in [1.54, 1.807) is 23.1 Å². The van der Waals surface area contributed by atoms with E-state index in [1.165, 1.54) is 17.3 Å². The van der Waals surface area contributed by atoms with Crippen LogP contribution < -0.4 is 5.32 Å². The summed E-state index contributed by atoms with van der Waals surface area (Å²) in [4.78, 5) is 27.0. The molecule has 1 saturated heterocycles. The SMILES string of the molecule is CCc1ccc(/C=C2/SC(=S)N(CCCC(=O)Nc3cc(Cl)cc(Cl)c3)C2=O)cc1. The van der Waals surface area contributed by atoms with E-state index in [4.69, 9.17) is 35.4 Å². The van der Waals surface area contributed by atoms with Gasteiger partial charge in [0.2, 0.25) is 5.91 Å². The maximum Gasteiger partial charge on any atom is 0.266 e. The van der Waals surface area contributed by atoms with Gasteiger partial charge in [0.05, 0.1) is 4.91 Å². The molecule has 0 unspecified atom stereocenters. The molecule has 4 nitrogen and oxygen atoms in total. The molecule has 0 radical (unpaired) electrons. The van der Waals surface area contributed by atoms with Crippen molar-refractivity contribution < 1.29 is 9.59 Å². The molecule has 0 aliphatic carbocycles. The molecule has 0 bridgehead atoms. The van der Waals surface area contributed by atoms with Crippen LogP contribution in [0.1, 0.15) is 30.9 Å². The summed E-state index contributed by atoms with van der Waals surface area (Å²) in [5.74, 6) is -0.295. The number of thiocarbonyl (C=S) groups is 1. The Kier molecular flexibility index (Phi) is 7.94. The summed E-state index contributed by atoms with van der Waals surface area (Å²) in [5, 5.41) is 3.66. The van der Waals surface area contributed by atoms with E-state index < -0.39 is 0 Å². The molecule has 1 heterocycles. The quantitative estimate of drug-likeness (QED) is 0.381. The lowest BCUT2D eigenvalue weighted by molar-refractivity contribution is -0.122. The zero-order valence-corrected chi connectivity index (χ0v) is 19.4. The number of carbonyl (C=O) groups excluding carboxylic acids is 2. The molecule has 0 spiro atoms. The number of anilines is 1. The zero-order valence-electron chi connectivity index (χ0n) is 16.3.